The fourth-order valence-electron chi connectivity index (χ4n) is 6.33. The van der Waals surface area contributed by atoms with Crippen LogP contribution in [0.3, 0.4) is 0 Å². The molecule has 0 bridgehead atoms. The Morgan fingerprint density at radius 3 is 2.66 bits per heavy atom. The van der Waals surface area contributed by atoms with E-state index in [0.717, 1.165) is 63.5 Å². The molecular formula is C37H44N6O4. The summed E-state index contributed by atoms with van der Waals surface area (Å²) in [5.41, 5.74) is 3.90. The zero-order valence-corrected chi connectivity index (χ0v) is 27.4. The monoisotopic (exact) mass is 636 g/mol. The lowest BCUT2D eigenvalue weighted by Crippen LogP contribution is -2.36. The SMILES string of the molecule is COc1ccc(C2CCCCC2)cc1NC(=O)c1ccc(C)c(Oc2ncccc2-c2ncnc(CCCCN3CCOCC3)n2)c1. The molecule has 246 valence electrons. The van der Waals surface area contributed by atoms with Gasteiger partial charge in [-0.2, -0.15) is 0 Å². The van der Waals surface area contributed by atoms with E-state index < -0.39 is 0 Å². The number of aromatic nitrogens is 4. The number of nitrogens with zero attached hydrogens (tertiary/aromatic N) is 5. The third kappa shape index (κ3) is 8.50. The first-order valence-electron chi connectivity index (χ1n) is 16.8. The van der Waals surface area contributed by atoms with Gasteiger partial charge in [0, 0.05) is 31.3 Å². The molecule has 2 aromatic heterocycles. The Bertz CT molecular complexity index is 1650. The van der Waals surface area contributed by atoms with Gasteiger partial charge in [0.15, 0.2) is 5.82 Å². The van der Waals surface area contributed by atoms with Crippen LogP contribution in [0.5, 0.6) is 17.4 Å². The molecule has 3 heterocycles. The van der Waals surface area contributed by atoms with Gasteiger partial charge in [-0.15, -0.1) is 0 Å². The van der Waals surface area contributed by atoms with Crippen LogP contribution in [-0.4, -0.2) is 70.7 Å². The molecule has 1 N–H and O–H groups in total. The molecule has 0 spiro atoms. The molecular weight excluding hydrogens is 592 g/mol. The van der Waals surface area contributed by atoms with Crippen LogP contribution in [0.4, 0.5) is 5.69 Å². The molecule has 1 saturated carbocycles. The number of nitrogens with one attached hydrogen (secondary N) is 1. The Labute approximate surface area is 276 Å². The van der Waals surface area contributed by atoms with Crippen molar-refractivity contribution in [2.45, 2.75) is 64.2 Å². The Hall–Kier alpha value is -4.41. The molecule has 10 heteroatoms. The first-order chi connectivity index (χ1) is 23.1. The largest absolute Gasteiger partial charge is 0.495 e. The highest BCUT2D eigenvalue weighted by atomic mass is 16.5. The summed E-state index contributed by atoms with van der Waals surface area (Å²) in [6.07, 6.45) is 12.2. The van der Waals surface area contributed by atoms with E-state index in [1.54, 1.807) is 31.8 Å². The van der Waals surface area contributed by atoms with Crippen LogP contribution in [0, 0.1) is 6.92 Å². The van der Waals surface area contributed by atoms with Crippen molar-refractivity contribution in [1.82, 2.24) is 24.8 Å². The lowest BCUT2D eigenvalue weighted by molar-refractivity contribution is 0.0372. The molecule has 47 heavy (non-hydrogen) atoms. The number of rotatable bonds is 12. The molecule has 1 saturated heterocycles. The molecule has 0 radical (unpaired) electrons. The average Bonchev–Trinajstić information content (AvgIpc) is 3.12. The second kappa shape index (κ2) is 15.9. The summed E-state index contributed by atoms with van der Waals surface area (Å²) in [4.78, 5) is 34.1. The van der Waals surface area contributed by atoms with Crippen molar-refractivity contribution < 1.29 is 19.0 Å². The molecule has 10 nitrogen and oxygen atoms in total. The minimum absolute atomic E-state index is 0.245. The third-order valence-electron chi connectivity index (χ3n) is 9.07. The van der Waals surface area contributed by atoms with Gasteiger partial charge in [0.1, 0.15) is 23.7 Å². The number of unbranched alkanes of at least 4 members (excludes halogenated alkanes) is 1. The highest BCUT2D eigenvalue weighted by Crippen LogP contribution is 2.37. The Balaban J connectivity index is 1.15. The molecule has 1 amide bonds. The minimum Gasteiger partial charge on any atom is -0.495 e. The van der Waals surface area contributed by atoms with Crippen LogP contribution in [-0.2, 0) is 11.2 Å². The Morgan fingerprint density at radius 1 is 0.979 bits per heavy atom. The summed E-state index contributed by atoms with van der Waals surface area (Å²) in [6, 6.07) is 15.3. The average molecular weight is 637 g/mol. The predicted octanol–water partition coefficient (Wildman–Crippen LogP) is 7.00. The first-order valence-corrected chi connectivity index (χ1v) is 16.8. The first kappa shape index (κ1) is 32.5. The maximum Gasteiger partial charge on any atom is 0.255 e. The molecule has 0 atom stereocenters. The van der Waals surface area contributed by atoms with Crippen molar-refractivity contribution >= 4 is 11.6 Å². The molecule has 0 unspecified atom stereocenters. The van der Waals surface area contributed by atoms with Gasteiger partial charge in [0.2, 0.25) is 5.88 Å². The molecule has 4 aromatic rings. The summed E-state index contributed by atoms with van der Waals surface area (Å²) in [5.74, 6) is 3.03. The van der Waals surface area contributed by atoms with E-state index in [2.05, 4.69) is 37.3 Å². The van der Waals surface area contributed by atoms with Crippen LogP contribution >= 0.6 is 0 Å². The number of benzene rings is 2. The number of carbonyl (C=O) groups excluding carboxylic acids is 1. The second-order valence-corrected chi connectivity index (χ2v) is 12.3. The number of ether oxygens (including phenoxy) is 3. The van der Waals surface area contributed by atoms with Gasteiger partial charge in [-0.1, -0.05) is 31.4 Å². The van der Waals surface area contributed by atoms with Crippen molar-refractivity contribution in [3.05, 3.63) is 83.6 Å². The molecule has 2 aliphatic rings. The number of pyridine rings is 1. The van der Waals surface area contributed by atoms with Crippen LogP contribution in [0.15, 0.2) is 61.1 Å². The summed E-state index contributed by atoms with van der Waals surface area (Å²) >= 11 is 0. The summed E-state index contributed by atoms with van der Waals surface area (Å²) in [6.45, 7) is 6.61. The third-order valence-corrected chi connectivity index (χ3v) is 9.07. The molecule has 1 aliphatic heterocycles. The topological polar surface area (TPSA) is 112 Å². The number of morpholine rings is 1. The molecule has 2 fully saturated rings. The number of hydrogen-bond donors (Lipinski definition) is 1. The standard InChI is InChI=1S/C37H44N6O4/c1-26-13-14-29(36(44)41-31-23-28(15-16-32(31)45-2)27-9-4-3-5-10-27)24-33(26)47-37-30(11-8-17-38-37)35-40-25-39-34(42-35)12-6-7-18-43-19-21-46-22-20-43/h8,11,13-17,23-25,27H,3-7,9-10,12,18-22H2,1-2H3,(H,41,44). The van der Waals surface area contributed by atoms with E-state index in [9.17, 15) is 4.79 Å². The van der Waals surface area contributed by atoms with Gasteiger partial charge in [-0.3, -0.25) is 9.69 Å². The zero-order chi connectivity index (χ0) is 32.4. The maximum absolute atomic E-state index is 13.5. The van der Waals surface area contributed by atoms with Crippen molar-refractivity contribution in [2.24, 2.45) is 0 Å². The smallest absolute Gasteiger partial charge is 0.255 e. The van der Waals surface area contributed by atoms with Crippen LogP contribution in [0.2, 0.25) is 0 Å². The number of carbonyl (C=O) groups is 1. The fourth-order valence-corrected chi connectivity index (χ4v) is 6.33. The minimum atomic E-state index is -0.245. The second-order valence-electron chi connectivity index (χ2n) is 12.3. The number of hydrogen-bond acceptors (Lipinski definition) is 9. The Morgan fingerprint density at radius 2 is 1.83 bits per heavy atom. The van der Waals surface area contributed by atoms with Crippen molar-refractivity contribution in [3.63, 3.8) is 0 Å². The van der Waals surface area contributed by atoms with Gasteiger partial charge < -0.3 is 19.5 Å². The van der Waals surface area contributed by atoms with Gasteiger partial charge in [0.05, 0.1) is 31.6 Å². The van der Waals surface area contributed by atoms with E-state index in [1.165, 1.54) is 37.7 Å². The quantitative estimate of drug-likeness (QED) is 0.164. The summed E-state index contributed by atoms with van der Waals surface area (Å²) < 4.78 is 17.4. The highest BCUT2D eigenvalue weighted by molar-refractivity contribution is 6.05. The van der Waals surface area contributed by atoms with Crippen LogP contribution < -0.4 is 14.8 Å². The van der Waals surface area contributed by atoms with E-state index in [-0.39, 0.29) is 5.91 Å². The van der Waals surface area contributed by atoms with E-state index in [0.29, 0.717) is 45.9 Å². The number of amides is 1. The number of methoxy groups -OCH3 is 1. The van der Waals surface area contributed by atoms with Crippen LogP contribution in [0.1, 0.15) is 78.2 Å². The van der Waals surface area contributed by atoms with Gasteiger partial charge in [0.25, 0.3) is 5.91 Å². The molecule has 6 rings (SSSR count). The lowest BCUT2D eigenvalue weighted by Gasteiger charge is -2.26. The lowest BCUT2D eigenvalue weighted by atomic mass is 9.84. The maximum atomic E-state index is 13.5. The molecule has 2 aromatic carbocycles. The summed E-state index contributed by atoms with van der Waals surface area (Å²) in [5, 5.41) is 3.08. The highest BCUT2D eigenvalue weighted by Gasteiger charge is 2.20. The van der Waals surface area contributed by atoms with Crippen molar-refractivity contribution in [3.8, 4) is 28.8 Å². The van der Waals surface area contributed by atoms with E-state index >= 15 is 0 Å². The zero-order valence-electron chi connectivity index (χ0n) is 27.4. The van der Waals surface area contributed by atoms with E-state index in [4.69, 9.17) is 19.2 Å². The molecule has 1 aliphatic carbocycles. The summed E-state index contributed by atoms with van der Waals surface area (Å²) in [7, 11) is 1.62. The number of anilines is 1. The van der Waals surface area contributed by atoms with Crippen molar-refractivity contribution in [1.29, 1.82) is 0 Å². The van der Waals surface area contributed by atoms with Gasteiger partial charge >= 0.3 is 0 Å². The van der Waals surface area contributed by atoms with Crippen LogP contribution in [0.25, 0.3) is 11.4 Å². The van der Waals surface area contributed by atoms with Gasteiger partial charge in [-0.05, 0) is 92.6 Å². The fraction of sp³-hybridized carbons (Fsp3) is 0.432. The van der Waals surface area contributed by atoms with Gasteiger partial charge in [-0.25, -0.2) is 19.9 Å². The number of aryl methyl sites for hydroxylation is 2. The predicted molar refractivity (Wildman–Crippen MR) is 181 cm³/mol. The van der Waals surface area contributed by atoms with Crippen molar-refractivity contribution in [2.75, 3.05) is 45.3 Å². The normalized spacial score (nSPS) is 15.7. The Kier molecular flexibility index (Phi) is 11.0. The van der Waals surface area contributed by atoms with E-state index in [1.807, 2.05) is 31.2 Å².